The van der Waals surface area contributed by atoms with Gasteiger partial charge in [0.15, 0.2) is 0 Å². The zero-order valence-electron chi connectivity index (χ0n) is 12.1. The van der Waals surface area contributed by atoms with Crippen molar-refractivity contribution in [3.05, 3.63) is 34.9 Å². The lowest BCUT2D eigenvalue weighted by Crippen LogP contribution is -2.50. The van der Waals surface area contributed by atoms with Gasteiger partial charge in [-0.3, -0.25) is 0 Å². The highest BCUT2D eigenvalue weighted by molar-refractivity contribution is 7.98. The highest BCUT2D eigenvalue weighted by Gasteiger charge is 2.28. The molecule has 1 aliphatic heterocycles. The van der Waals surface area contributed by atoms with Gasteiger partial charge in [-0.1, -0.05) is 23.7 Å². The Morgan fingerprint density at radius 1 is 1.48 bits per heavy atom. The van der Waals surface area contributed by atoms with Crippen LogP contribution in [0.5, 0.6) is 0 Å². The molecule has 0 spiro atoms. The fourth-order valence-electron chi connectivity index (χ4n) is 2.17. The first-order valence-corrected chi connectivity index (χ1v) is 8.75. The van der Waals surface area contributed by atoms with Crippen LogP contribution in [0.2, 0.25) is 5.02 Å². The number of nitrogens with one attached hydrogen (secondary N) is 2. The van der Waals surface area contributed by atoms with Crippen LogP contribution in [0.25, 0.3) is 0 Å². The van der Waals surface area contributed by atoms with Crippen LogP contribution in [0, 0.1) is 0 Å². The van der Waals surface area contributed by atoms with Crippen molar-refractivity contribution in [2.45, 2.75) is 11.4 Å². The maximum Gasteiger partial charge on any atom is 0.113 e. The Morgan fingerprint density at radius 2 is 2.38 bits per heavy atom. The number of β-amino-alcohol motifs (C(OH)–C–C–N with tert-alkyl or cyclic N) is 1. The number of hydrogen-bond donors (Lipinski definition) is 3. The predicted octanol–water partition coefficient (Wildman–Crippen LogP) is 1.51. The van der Waals surface area contributed by atoms with E-state index in [2.05, 4.69) is 16.7 Å². The maximum atomic E-state index is 10.3. The van der Waals surface area contributed by atoms with Gasteiger partial charge in [-0.2, -0.15) is 11.8 Å². The third-order valence-electron chi connectivity index (χ3n) is 3.28. The third kappa shape index (κ3) is 6.55. The van der Waals surface area contributed by atoms with Crippen LogP contribution in [-0.2, 0) is 10.5 Å². The van der Waals surface area contributed by atoms with Crippen molar-refractivity contribution in [3.63, 3.8) is 0 Å². The quantitative estimate of drug-likeness (QED) is 0.662. The summed E-state index contributed by atoms with van der Waals surface area (Å²) in [5.41, 5.74) is 0.446. The topological polar surface area (TPSA) is 53.5 Å². The Bertz CT molecular complexity index is 426. The first-order valence-electron chi connectivity index (χ1n) is 7.22. The molecule has 0 bridgehead atoms. The number of aliphatic hydroxyl groups is 1. The number of halogens is 1. The number of rotatable bonds is 7. The predicted molar refractivity (Wildman–Crippen MR) is 89.1 cm³/mol. The van der Waals surface area contributed by atoms with E-state index in [1.165, 1.54) is 5.56 Å². The summed E-state index contributed by atoms with van der Waals surface area (Å²) in [7, 11) is 0. The molecule has 0 radical (unpaired) electrons. The van der Waals surface area contributed by atoms with Crippen LogP contribution in [0.1, 0.15) is 5.56 Å². The zero-order chi connectivity index (χ0) is 15.0. The lowest BCUT2D eigenvalue weighted by Gasteiger charge is -2.26. The molecule has 0 amide bonds. The number of benzene rings is 1. The van der Waals surface area contributed by atoms with Gasteiger partial charge in [0.25, 0.3) is 0 Å². The summed E-state index contributed by atoms with van der Waals surface area (Å²) in [6.45, 7) is 3.86. The molecular weight excluding hydrogens is 308 g/mol. The molecule has 0 aromatic heterocycles. The Labute approximate surface area is 135 Å². The first kappa shape index (κ1) is 17.1. The van der Waals surface area contributed by atoms with E-state index in [4.69, 9.17) is 16.3 Å². The van der Waals surface area contributed by atoms with Gasteiger partial charge in [0.1, 0.15) is 5.60 Å². The van der Waals surface area contributed by atoms with Gasteiger partial charge in [0, 0.05) is 42.7 Å². The summed E-state index contributed by atoms with van der Waals surface area (Å²) >= 11 is 7.81. The molecule has 1 fully saturated rings. The van der Waals surface area contributed by atoms with Gasteiger partial charge < -0.3 is 20.5 Å². The van der Waals surface area contributed by atoms with E-state index in [-0.39, 0.29) is 0 Å². The summed E-state index contributed by atoms with van der Waals surface area (Å²) in [6.07, 6.45) is 0. The molecule has 1 atom stereocenters. The standard InChI is InChI=1S/C15H23ClN2O2S/c16-14-3-1-2-13(8-14)9-21-7-5-18-11-15(19)10-17-4-6-20-12-15/h1-3,8,17-19H,4-7,9-12H2. The normalized spacial score (nSPS) is 23.0. The highest BCUT2D eigenvalue weighted by atomic mass is 35.5. The van der Waals surface area contributed by atoms with Gasteiger partial charge in [-0.25, -0.2) is 0 Å². The molecule has 1 aliphatic rings. The Kier molecular flexibility index (Phi) is 7.29. The first-order chi connectivity index (χ1) is 10.2. The van der Waals surface area contributed by atoms with Crippen LogP contribution in [0.3, 0.4) is 0 Å². The minimum atomic E-state index is -0.797. The molecule has 0 saturated carbocycles. The largest absolute Gasteiger partial charge is 0.385 e. The summed E-state index contributed by atoms with van der Waals surface area (Å²) in [5, 5.41) is 17.6. The van der Waals surface area contributed by atoms with E-state index in [1.54, 1.807) is 0 Å². The van der Waals surface area contributed by atoms with Crippen LogP contribution < -0.4 is 10.6 Å². The summed E-state index contributed by atoms with van der Waals surface area (Å²) in [4.78, 5) is 0. The molecule has 1 heterocycles. The summed E-state index contributed by atoms with van der Waals surface area (Å²) in [5.74, 6) is 1.95. The number of thioether (sulfide) groups is 1. The molecule has 118 valence electrons. The second kappa shape index (κ2) is 8.98. The van der Waals surface area contributed by atoms with Crippen molar-refractivity contribution < 1.29 is 9.84 Å². The summed E-state index contributed by atoms with van der Waals surface area (Å²) in [6, 6.07) is 7.95. The highest BCUT2D eigenvalue weighted by Crippen LogP contribution is 2.16. The Balaban J connectivity index is 1.57. The SMILES string of the molecule is OC1(CNCCSCc2cccc(Cl)c2)CNCCOC1. The Morgan fingerprint density at radius 3 is 3.24 bits per heavy atom. The minimum Gasteiger partial charge on any atom is -0.385 e. The van der Waals surface area contributed by atoms with Gasteiger partial charge in [0.2, 0.25) is 0 Å². The molecule has 1 aromatic carbocycles. The van der Waals surface area contributed by atoms with E-state index in [0.717, 1.165) is 29.6 Å². The fraction of sp³-hybridized carbons (Fsp3) is 0.600. The smallest absolute Gasteiger partial charge is 0.113 e. The number of hydrogen-bond acceptors (Lipinski definition) is 5. The van der Waals surface area contributed by atoms with E-state index >= 15 is 0 Å². The van der Waals surface area contributed by atoms with E-state index in [1.807, 2.05) is 30.0 Å². The van der Waals surface area contributed by atoms with E-state index in [9.17, 15) is 5.11 Å². The van der Waals surface area contributed by atoms with Gasteiger partial charge in [-0.15, -0.1) is 0 Å². The monoisotopic (exact) mass is 330 g/mol. The zero-order valence-corrected chi connectivity index (χ0v) is 13.7. The second-order valence-electron chi connectivity index (χ2n) is 5.31. The summed E-state index contributed by atoms with van der Waals surface area (Å²) < 4.78 is 5.39. The van der Waals surface area contributed by atoms with Crippen molar-refractivity contribution in [2.24, 2.45) is 0 Å². The third-order valence-corrected chi connectivity index (χ3v) is 4.55. The maximum absolute atomic E-state index is 10.3. The lowest BCUT2D eigenvalue weighted by molar-refractivity contribution is -0.0258. The van der Waals surface area contributed by atoms with Crippen LogP contribution >= 0.6 is 23.4 Å². The molecule has 1 unspecified atom stereocenters. The van der Waals surface area contributed by atoms with Crippen molar-refractivity contribution >= 4 is 23.4 Å². The molecule has 3 N–H and O–H groups in total. The molecule has 1 aromatic rings. The minimum absolute atomic E-state index is 0.392. The van der Waals surface area contributed by atoms with Crippen molar-refractivity contribution in [1.29, 1.82) is 0 Å². The van der Waals surface area contributed by atoms with Gasteiger partial charge in [0.05, 0.1) is 13.2 Å². The molecule has 2 rings (SSSR count). The molecule has 1 saturated heterocycles. The second-order valence-corrected chi connectivity index (χ2v) is 6.85. The average Bonchev–Trinajstić information content (AvgIpc) is 2.68. The van der Waals surface area contributed by atoms with Gasteiger partial charge in [-0.05, 0) is 17.7 Å². The lowest BCUT2D eigenvalue weighted by atomic mass is 10.1. The van der Waals surface area contributed by atoms with Crippen LogP contribution in [0.15, 0.2) is 24.3 Å². The molecule has 21 heavy (non-hydrogen) atoms. The van der Waals surface area contributed by atoms with E-state index < -0.39 is 5.60 Å². The molecule has 4 nitrogen and oxygen atoms in total. The van der Waals surface area contributed by atoms with Crippen molar-refractivity contribution in [3.8, 4) is 0 Å². The molecule has 0 aliphatic carbocycles. The molecule has 6 heteroatoms. The van der Waals surface area contributed by atoms with Gasteiger partial charge >= 0.3 is 0 Å². The van der Waals surface area contributed by atoms with Crippen LogP contribution in [0.4, 0.5) is 0 Å². The van der Waals surface area contributed by atoms with E-state index in [0.29, 0.717) is 26.3 Å². The number of ether oxygens (including phenoxy) is 1. The Hall–Kier alpha value is -0.300. The average molecular weight is 331 g/mol. The fourth-order valence-corrected chi connectivity index (χ4v) is 3.24. The van der Waals surface area contributed by atoms with Crippen molar-refractivity contribution in [2.75, 3.05) is 45.1 Å². The van der Waals surface area contributed by atoms with Crippen molar-refractivity contribution in [1.82, 2.24) is 10.6 Å². The molecular formula is C15H23ClN2O2S. The van der Waals surface area contributed by atoms with Crippen LogP contribution in [-0.4, -0.2) is 55.9 Å².